The van der Waals surface area contributed by atoms with Gasteiger partial charge in [-0.05, 0) is 55.3 Å². The van der Waals surface area contributed by atoms with E-state index in [0.717, 1.165) is 43.8 Å². The molecule has 2 aliphatic rings. The highest BCUT2D eigenvalue weighted by molar-refractivity contribution is 5.91. The van der Waals surface area contributed by atoms with Crippen LogP contribution in [0.4, 0.5) is 0 Å². The lowest BCUT2D eigenvalue weighted by Gasteiger charge is -2.28. The van der Waals surface area contributed by atoms with E-state index in [2.05, 4.69) is 18.3 Å². The van der Waals surface area contributed by atoms with Gasteiger partial charge in [0.1, 0.15) is 6.10 Å². The van der Waals surface area contributed by atoms with Crippen LogP contribution in [0.1, 0.15) is 60.5 Å². The van der Waals surface area contributed by atoms with Crippen LogP contribution in [-0.4, -0.2) is 18.6 Å². The second-order valence-corrected chi connectivity index (χ2v) is 6.34. The minimum Gasteiger partial charge on any atom is -0.459 e. The Morgan fingerprint density at radius 2 is 2.29 bits per heavy atom. The van der Waals surface area contributed by atoms with Crippen molar-refractivity contribution in [3.63, 3.8) is 0 Å². The summed E-state index contributed by atoms with van der Waals surface area (Å²) in [6.45, 7) is 4.03. The highest BCUT2D eigenvalue weighted by Crippen LogP contribution is 2.29. The third-order valence-electron chi connectivity index (χ3n) is 4.95. The highest BCUT2D eigenvalue weighted by Gasteiger charge is 2.26. The Balaban J connectivity index is 1.71. The molecular formula is C18H25NO2. The number of carbonyl (C=O) groups excluding carboxylic acids is 1. The molecule has 3 rings (SSSR count). The Hall–Kier alpha value is -1.35. The monoisotopic (exact) mass is 287 g/mol. The zero-order valence-electron chi connectivity index (χ0n) is 12.9. The number of nitrogens with one attached hydrogen (secondary N) is 1. The van der Waals surface area contributed by atoms with E-state index >= 15 is 0 Å². The summed E-state index contributed by atoms with van der Waals surface area (Å²) >= 11 is 0. The van der Waals surface area contributed by atoms with Crippen LogP contribution >= 0.6 is 0 Å². The van der Waals surface area contributed by atoms with Crippen molar-refractivity contribution in [3.8, 4) is 0 Å². The molecule has 0 saturated heterocycles. The summed E-state index contributed by atoms with van der Waals surface area (Å²) in [5.74, 6) is 0.612. The van der Waals surface area contributed by atoms with Gasteiger partial charge in [-0.1, -0.05) is 31.9 Å². The van der Waals surface area contributed by atoms with Crippen LogP contribution in [0, 0.1) is 5.92 Å². The summed E-state index contributed by atoms with van der Waals surface area (Å²) in [5.41, 5.74) is 3.21. The number of benzene rings is 1. The maximum Gasteiger partial charge on any atom is 0.338 e. The summed E-state index contributed by atoms with van der Waals surface area (Å²) in [4.78, 5) is 12.5. The van der Waals surface area contributed by atoms with Gasteiger partial charge >= 0.3 is 5.97 Å². The summed E-state index contributed by atoms with van der Waals surface area (Å²) in [7, 11) is 0. The lowest BCUT2D eigenvalue weighted by Crippen LogP contribution is -2.28. The maximum atomic E-state index is 12.5. The van der Waals surface area contributed by atoms with E-state index in [1.54, 1.807) is 0 Å². The molecule has 1 aromatic carbocycles. The van der Waals surface area contributed by atoms with Crippen LogP contribution in [-0.2, 0) is 17.7 Å². The standard InChI is InChI=1S/C18H25NO2/c1-2-13-5-3-7-15(11-13)21-18(20)17-8-4-6-14-12-19-10-9-16(14)17/h4,6,8,13,15,19H,2-3,5,7,9-12H2,1H3. The van der Waals surface area contributed by atoms with E-state index in [9.17, 15) is 4.79 Å². The Morgan fingerprint density at radius 3 is 3.14 bits per heavy atom. The summed E-state index contributed by atoms with van der Waals surface area (Å²) < 4.78 is 5.82. The Kier molecular flexibility index (Phi) is 4.59. The quantitative estimate of drug-likeness (QED) is 0.865. The molecule has 3 nitrogen and oxygen atoms in total. The van der Waals surface area contributed by atoms with Crippen molar-refractivity contribution in [2.45, 2.75) is 58.1 Å². The fraction of sp³-hybridized carbons (Fsp3) is 0.611. The van der Waals surface area contributed by atoms with Crippen LogP contribution in [0.3, 0.4) is 0 Å². The van der Waals surface area contributed by atoms with Crippen molar-refractivity contribution >= 4 is 5.97 Å². The summed E-state index contributed by atoms with van der Waals surface area (Å²) in [6, 6.07) is 6.00. The molecule has 0 amide bonds. The molecule has 21 heavy (non-hydrogen) atoms. The topological polar surface area (TPSA) is 38.3 Å². The smallest absolute Gasteiger partial charge is 0.338 e. The van der Waals surface area contributed by atoms with E-state index in [0.29, 0.717) is 0 Å². The third-order valence-corrected chi connectivity index (χ3v) is 4.95. The zero-order valence-corrected chi connectivity index (χ0v) is 12.9. The van der Waals surface area contributed by atoms with Crippen LogP contribution in [0.25, 0.3) is 0 Å². The molecule has 2 unspecified atom stereocenters. The highest BCUT2D eigenvalue weighted by atomic mass is 16.5. The Bertz CT molecular complexity index is 512. The Morgan fingerprint density at radius 1 is 1.38 bits per heavy atom. The minimum atomic E-state index is -0.115. The molecule has 1 N–H and O–H groups in total. The number of fused-ring (bicyclic) bond motifs is 1. The summed E-state index contributed by atoms with van der Waals surface area (Å²) in [6.07, 6.45) is 6.78. The van der Waals surface area contributed by atoms with Crippen molar-refractivity contribution in [2.75, 3.05) is 6.54 Å². The molecule has 3 heteroatoms. The Labute approximate surface area is 127 Å². The number of hydrogen-bond donors (Lipinski definition) is 1. The van der Waals surface area contributed by atoms with Crippen LogP contribution in [0.15, 0.2) is 18.2 Å². The molecule has 1 aliphatic carbocycles. The number of esters is 1. The average Bonchev–Trinajstić information content (AvgIpc) is 2.54. The molecule has 1 aromatic rings. The van der Waals surface area contributed by atoms with E-state index in [-0.39, 0.29) is 12.1 Å². The molecule has 2 atom stereocenters. The fourth-order valence-corrected chi connectivity index (χ4v) is 3.66. The minimum absolute atomic E-state index is 0.115. The molecule has 0 radical (unpaired) electrons. The molecule has 1 heterocycles. The van der Waals surface area contributed by atoms with E-state index in [4.69, 9.17) is 4.74 Å². The third kappa shape index (κ3) is 3.29. The molecule has 114 valence electrons. The first-order valence-corrected chi connectivity index (χ1v) is 8.30. The van der Waals surface area contributed by atoms with Crippen LogP contribution in [0.2, 0.25) is 0 Å². The number of rotatable bonds is 3. The second kappa shape index (κ2) is 6.61. The van der Waals surface area contributed by atoms with Crippen LogP contribution in [0.5, 0.6) is 0 Å². The van der Waals surface area contributed by atoms with Crippen molar-refractivity contribution < 1.29 is 9.53 Å². The lowest BCUT2D eigenvalue weighted by molar-refractivity contribution is 0.0138. The average molecular weight is 287 g/mol. The van der Waals surface area contributed by atoms with Gasteiger partial charge in [0.25, 0.3) is 0 Å². The van der Waals surface area contributed by atoms with Gasteiger partial charge in [0.05, 0.1) is 5.56 Å². The van der Waals surface area contributed by atoms with Crippen molar-refractivity contribution in [1.82, 2.24) is 5.32 Å². The zero-order chi connectivity index (χ0) is 14.7. The first-order chi connectivity index (χ1) is 10.3. The molecule has 1 aliphatic heterocycles. The molecule has 1 saturated carbocycles. The second-order valence-electron chi connectivity index (χ2n) is 6.34. The van der Waals surface area contributed by atoms with Crippen LogP contribution < -0.4 is 5.32 Å². The lowest BCUT2D eigenvalue weighted by atomic mass is 9.85. The first-order valence-electron chi connectivity index (χ1n) is 8.30. The molecule has 0 spiro atoms. The van der Waals surface area contributed by atoms with Gasteiger partial charge in [0.15, 0.2) is 0 Å². The SMILES string of the molecule is CCC1CCCC(OC(=O)c2cccc3c2CCNC3)C1. The molecule has 0 bridgehead atoms. The predicted octanol–water partition coefficient (Wildman–Crippen LogP) is 3.46. The van der Waals surface area contributed by atoms with Gasteiger partial charge in [0, 0.05) is 6.54 Å². The number of hydrogen-bond acceptors (Lipinski definition) is 3. The molecular weight excluding hydrogens is 262 g/mol. The summed E-state index contributed by atoms with van der Waals surface area (Å²) in [5, 5.41) is 3.35. The maximum absolute atomic E-state index is 12.5. The normalized spacial score (nSPS) is 25.2. The van der Waals surface area contributed by atoms with Crippen molar-refractivity contribution in [3.05, 3.63) is 34.9 Å². The predicted molar refractivity (Wildman–Crippen MR) is 83.3 cm³/mol. The van der Waals surface area contributed by atoms with Gasteiger partial charge in [-0.3, -0.25) is 0 Å². The largest absolute Gasteiger partial charge is 0.459 e. The fourth-order valence-electron chi connectivity index (χ4n) is 3.66. The van der Waals surface area contributed by atoms with Gasteiger partial charge in [0.2, 0.25) is 0 Å². The van der Waals surface area contributed by atoms with Gasteiger partial charge in [-0.25, -0.2) is 4.79 Å². The molecule has 0 aromatic heterocycles. The van der Waals surface area contributed by atoms with E-state index in [1.165, 1.54) is 30.4 Å². The van der Waals surface area contributed by atoms with Gasteiger partial charge in [-0.2, -0.15) is 0 Å². The number of carbonyl (C=O) groups is 1. The van der Waals surface area contributed by atoms with Gasteiger partial charge < -0.3 is 10.1 Å². The van der Waals surface area contributed by atoms with Crippen molar-refractivity contribution in [2.24, 2.45) is 5.92 Å². The van der Waals surface area contributed by atoms with Crippen molar-refractivity contribution in [1.29, 1.82) is 0 Å². The number of ether oxygens (including phenoxy) is 1. The molecule has 1 fully saturated rings. The van der Waals surface area contributed by atoms with E-state index < -0.39 is 0 Å². The van der Waals surface area contributed by atoms with Gasteiger partial charge in [-0.15, -0.1) is 0 Å². The first kappa shape index (κ1) is 14.6. The van der Waals surface area contributed by atoms with E-state index in [1.807, 2.05) is 12.1 Å².